The molecule has 1 aliphatic carbocycles. The molecule has 2 unspecified atom stereocenters. The Kier molecular flexibility index (Phi) is 7.08. The monoisotopic (exact) mass is 707 g/mol. The van der Waals surface area contributed by atoms with Gasteiger partial charge in [0.2, 0.25) is 0 Å². The summed E-state index contributed by atoms with van der Waals surface area (Å²) in [5, 5.41) is 8.55. The summed E-state index contributed by atoms with van der Waals surface area (Å²) in [4.78, 5) is 15.7. The first kappa shape index (κ1) is 31.1. The van der Waals surface area contributed by atoms with Crippen molar-refractivity contribution in [1.29, 1.82) is 0 Å². The van der Waals surface area contributed by atoms with E-state index in [0.29, 0.717) is 5.92 Å². The number of aromatic nitrogens is 3. The van der Waals surface area contributed by atoms with Gasteiger partial charge in [-0.3, -0.25) is 0 Å². The lowest BCUT2D eigenvalue weighted by molar-refractivity contribution is 0.637. The molecule has 1 aliphatic rings. The van der Waals surface area contributed by atoms with Gasteiger partial charge >= 0.3 is 0 Å². The van der Waals surface area contributed by atoms with Crippen LogP contribution in [0, 0.1) is 5.92 Å². The predicted octanol–water partition coefficient (Wildman–Crippen LogP) is 13.6. The molecule has 0 saturated carbocycles. The van der Waals surface area contributed by atoms with Crippen LogP contribution in [0.4, 0.5) is 0 Å². The molecule has 6 aromatic carbocycles. The van der Waals surface area contributed by atoms with Gasteiger partial charge in [-0.1, -0.05) is 153 Å². The maximum atomic E-state index is 5.39. The Morgan fingerprint density at radius 3 is 1.89 bits per heavy atom. The summed E-state index contributed by atoms with van der Waals surface area (Å²) in [7, 11) is 0. The van der Waals surface area contributed by atoms with Crippen LogP contribution in [-0.2, 0) is 0 Å². The molecule has 0 radical (unpaired) electrons. The van der Waals surface area contributed by atoms with Crippen molar-refractivity contribution in [3.05, 3.63) is 181 Å². The van der Waals surface area contributed by atoms with Crippen LogP contribution >= 0.6 is 11.3 Å². The first-order valence-corrected chi connectivity index (χ1v) is 19.4. The Morgan fingerprint density at radius 2 is 1.15 bits per heavy atom. The van der Waals surface area contributed by atoms with Crippen LogP contribution in [0.2, 0.25) is 0 Å². The zero-order valence-corrected chi connectivity index (χ0v) is 30.4. The van der Waals surface area contributed by atoms with E-state index in [4.69, 9.17) is 15.0 Å². The van der Waals surface area contributed by atoms with Crippen LogP contribution in [0.3, 0.4) is 0 Å². The van der Waals surface area contributed by atoms with E-state index in [1.54, 1.807) is 0 Å². The minimum Gasteiger partial charge on any atom is -0.246 e. The van der Waals surface area contributed by atoms with Crippen molar-refractivity contribution in [2.24, 2.45) is 5.92 Å². The maximum absolute atomic E-state index is 5.39. The zero-order valence-electron chi connectivity index (χ0n) is 29.6. The molecule has 0 aliphatic heterocycles. The number of thiophene rings is 1. The fourth-order valence-corrected chi connectivity index (χ4v) is 9.64. The van der Waals surface area contributed by atoms with E-state index >= 15 is 0 Å². The summed E-state index contributed by atoms with van der Waals surface area (Å²) in [5.41, 5.74) is 10.6. The van der Waals surface area contributed by atoms with Gasteiger partial charge in [0.05, 0.1) is 38.3 Å². The number of pyridine rings is 3. The van der Waals surface area contributed by atoms with E-state index < -0.39 is 0 Å². The van der Waals surface area contributed by atoms with Gasteiger partial charge in [0.15, 0.2) is 0 Å². The number of allylic oxidation sites excluding steroid dienone is 4. The molecule has 4 aromatic heterocycles. The first-order valence-electron chi connectivity index (χ1n) is 18.6. The Morgan fingerprint density at radius 1 is 0.519 bits per heavy atom. The second kappa shape index (κ2) is 12.3. The van der Waals surface area contributed by atoms with Crippen LogP contribution in [-0.4, -0.2) is 15.0 Å². The highest BCUT2D eigenvalue weighted by Gasteiger charge is 2.23. The number of hydrogen-bond donors (Lipinski definition) is 0. The quantitative estimate of drug-likeness (QED) is 0.171. The predicted molar refractivity (Wildman–Crippen MR) is 229 cm³/mol. The van der Waals surface area contributed by atoms with E-state index in [0.717, 1.165) is 55.5 Å². The van der Waals surface area contributed by atoms with Gasteiger partial charge in [-0.2, -0.15) is 0 Å². The van der Waals surface area contributed by atoms with Gasteiger partial charge in [0.1, 0.15) is 0 Å². The summed E-state index contributed by atoms with van der Waals surface area (Å²) in [6, 6.07) is 54.0. The highest BCUT2D eigenvalue weighted by Crippen LogP contribution is 2.45. The number of hydrogen-bond acceptors (Lipinski definition) is 4. The van der Waals surface area contributed by atoms with E-state index in [1.807, 2.05) is 17.4 Å². The molecule has 0 fully saturated rings. The van der Waals surface area contributed by atoms with E-state index in [1.165, 1.54) is 47.5 Å². The molecule has 0 saturated heterocycles. The second-order valence-corrected chi connectivity index (χ2v) is 15.5. The average molecular weight is 708 g/mol. The Balaban J connectivity index is 0.938. The first-order chi connectivity index (χ1) is 26.7. The van der Waals surface area contributed by atoms with Crippen molar-refractivity contribution in [3.63, 3.8) is 0 Å². The summed E-state index contributed by atoms with van der Waals surface area (Å²) >= 11 is 1.86. The molecule has 0 bridgehead atoms. The maximum Gasteiger partial charge on any atom is 0.0972 e. The minimum atomic E-state index is 0.263. The third-order valence-corrected chi connectivity index (χ3v) is 12.3. The lowest BCUT2D eigenvalue weighted by Gasteiger charge is -2.24. The molecule has 0 N–H and O–H groups in total. The third-order valence-electron chi connectivity index (χ3n) is 11.1. The van der Waals surface area contributed by atoms with Crippen molar-refractivity contribution in [2.75, 3.05) is 0 Å². The highest BCUT2D eigenvalue weighted by atomic mass is 32.1. The minimum absolute atomic E-state index is 0.263. The van der Waals surface area contributed by atoms with Gasteiger partial charge in [0, 0.05) is 48.7 Å². The lowest BCUT2D eigenvalue weighted by Crippen LogP contribution is -2.09. The topological polar surface area (TPSA) is 38.7 Å². The number of rotatable bonds is 4. The van der Waals surface area contributed by atoms with Crippen molar-refractivity contribution in [1.82, 2.24) is 15.0 Å². The Labute approximate surface area is 316 Å². The summed E-state index contributed by atoms with van der Waals surface area (Å²) in [6.45, 7) is 2.32. The van der Waals surface area contributed by atoms with Gasteiger partial charge in [-0.25, -0.2) is 15.0 Å². The fraction of sp³-hybridized carbons (Fsp3) is 0.0600. The van der Waals surface area contributed by atoms with Gasteiger partial charge < -0.3 is 0 Å². The molecule has 10 aromatic rings. The Bertz CT molecular complexity index is 3170. The van der Waals surface area contributed by atoms with E-state index in [-0.39, 0.29) is 5.92 Å². The van der Waals surface area contributed by atoms with Gasteiger partial charge in [-0.05, 0) is 52.1 Å². The Hall–Kier alpha value is -6.49. The zero-order chi connectivity index (χ0) is 35.8. The smallest absolute Gasteiger partial charge is 0.0972 e. The van der Waals surface area contributed by atoms with Crippen LogP contribution in [0.25, 0.3) is 91.7 Å². The second-order valence-electron chi connectivity index (χ2n) is 14.4. The van der Waals surface area contributed by atoms with Crippen molar-refractivity contribution < 1.29 is 0 Å². The van der Waals surface area contributed by atoms with Crippen molar-refractivity contribution in [2.45, 2.75) is 12.8 Å². The summed E-state index contributed by atoms with van der Waals surface area (Å²) < 4.78 is 2.55. The molecular weight excluding hydrogens is 675 g/mol. The van der Waals surface area contributed by atoms with Crippen LogP contribution < -0.4 is 0 Å². The largest absolute Gasteiger partial charge is 0.246 e. The molecule has 0 amide bonds. The lowest BCUT2D eigenvalue weighted by atomic mass is 9.81. The van der Waals surface area contributed by atoms with E-state index in [9.17, 15) is 0 Å². The summed E-state index contributed by atoms with van der Waals surface area (Å²) in [6.07, 6.45) is 7.09. The normalized spacial score (nSPS) is 15.9. The molecule has 254 valence electrons. The molecule has 11 rings (SSSR count). The van der Waals surface area contributed by atoms with Crippen molar-refractivity contribution in [3.8, 4) is 22.5 Å². The van der Waals surface area contributed by atoms with Crippen LogP contribution in [0.1, 0.15) is 24.1 Å². The van der Waals surface area contributed by atoms with Gasteiger partial charge in [0.25, 0.3) is 0 Å². The van der Waals surface area contributed by atoms with E-state index in [2.05, 4.69) is 171 Å². The molecule has 3 nitrogen and oxygen atoms in total. The summed E-state index contributed by atoms with van der Waals surface area (Å²) in [5.74, 6) is 0.559. The van der Waals surface area contributed by atoms with Crippen molar-refractivity contribution >= 4 is 80.6 Å². The highest BCUT2D eigenvalue weighted by molar-refractivity contribution is 7.26. The number of benzene rings is 6. The average Bonchev–Trinajstić information content (AvgIpc) is 3.63. The molecule has 0 spiro atoms. The standard InChI is InChI=1S/C50H33N3S/c1-30-29-37(49-50-46(40-13-7-8-14-44(40)54-50)45-39-12-6-5-9-31(39)22-28-43(45)53-49)21-25-38(30)32-15-17-34(18-16-32)42-27-24-36-20-19-35-23-26-41(33-10-3-2-4-11-33)51-47(35)48(36)52-42/h2-30,38H,1H3. The van der Waals surface area contributed by atoms with Crippen LogP contribution in [0.5, 0.6) is 0 Å². The molecule has 2 atom stereocenters. The number of fused-ring (bicyclic) bond motifs is 10. The number of nitrogens with zero attached hydrogens (tertiary/aromatic N) is 3. The SMILES string of the molecule is CC1C=C(c2nc3ccc4ccccc4c3c3c2sc2ccccc23)C=CC1c1ccc(-c2ccc3ccc4ccc(-c5ccccc5)nc4c3n2)cc1. The van der Waals surface area contributed by atoms with Gasteiger partial charge in [-0.15, -0.1) is 11.3 Å². The molecule has 4 heteroatoms. The third kappa shape index (κ3) is 4.98. The fourth-order valence-electron chi connectivity index (χ4n) is 8.42. The molecule has 54 heavy (non-hydrogen) atoms. The molecular formula is C50H33N3S. The van der Waals surface area contributed by atoms with Crippen LogP contribution in [0.15, 0.2) is 170 Å². The molecule has 4 heterocycles.